The highest BCUT2D eigenvalue weighted by molar-refractivity contribution is 6.86. The first-order valence-electron chi connectivity index (χ1n) is 8.80. The Morgan fingerprint density at radius 2 is 1.08 bits per heavy atom. The van der Waals surface area contributed by atoms with Gasteiger partial charge in [0.15, 0.2) is 0 Å². The topological polar surface area (TPSA) is 0 Å². The van der Waals surface area contributed by atoms with Crippen molar-refractivity contribution in [3.05, 3.63) is 109 Å². The third-order valence-corrected chi connectivity index (χ3v) is 7.98. The molecule has 4 rings (SSSR count). The van der Waals surface area contributed by atoms with Crippen LogP contribution in [0.5, 0.6) is 0 Å². The van der Waals surface area contributed by atoms with Crippen LogP contribution in [0.25, 0.3) is 10.8 Å². The number of rotatable bonds is 4. The van der Waals surface area contributed by atoms with E-state index in [1.54, 1.807) is 0 Å². The number of hydrogen-bond acceptors (Lipinski definition) is 0. The molecule has 1 heteroatoms. The summed E-state index contributed by atoms with van der Waals surface area (Å²) >= 11 is 0. The van der Waals surface area contributed by atoms with Crippen LogP contribution in [-0.2, 0) is 0 Å². The lowest BCUT2D eigenvalue weighted by molar-refractivity contribution is 1.07. The highest BCUT2D eigenvalue weighted by Crippen LogP contribution is 2.27. The summed E-state index contributed by atoms with van der Waals surface area (Å²) in [4.78, 5) is 0. The lowest BCUT2D eigenvalue weighted by Gasteiger charge is -2.25. The molecule has 0 fully saturated rings. The van der Waals surface area contributed by atoms with Crippen molar-refractivity contribution < 1.29 is 0 Å². The Labute approximate surface area is 151 Å². The average Bonchev–Trinajstić information content (AvgIpc) is 2.69. The van der Waals surface area contributed by atoms with Crippen molar-refractivity contribution in [2.45, 2.75) is 12.5 Å². The van der Waals surface area contributed by atoms with E-state index in [4.69, 9.17) is 0 Å². The molecular formula is C24H21Si. The van der Waals surface area contributed by atoms with Gasteiger partial charge < -0.3 is 0 Å². The van der Waals surface area contributed by atoms with Crippen LogP contribution in [0.2, 0.25) is 0 Å². The number of fused-ring (bicyclic) bond motifs is 1. The summed E-state index contributed by atoms with van der Waals surface area (Å²) in [6.07, 6.45) is 0. The van der Waals surface area contributed by atoms with Gasteiger partial charge in [0.05, 0.1) is 0 Å². The van der Waals surface area contributed by atoms with Crippen LogP contribution in [-0.4, -0.2) is 8.80 Å². The second-order valence-corrected chi connectivity index (χ2v) is 9.28. The maximum absolute atomic E-state index is 2.40. The largest absolute Gasteiger partial charge is 0.128 e. The number of benzene rings is 4. The minimum absolute atomic E-state index is 0.487. The molecule has 0 amide bonds. The van der Waals surface area contributed by atoms with Crippen molar-refractivity contribution in [3.8, 4) is 0 Å². The van der Waals surface area contributed by atoms with Gasteiger partial charge in [-0.1, -0.05) is 120 Å². The van der Waals surface area contributed by atoms with Crippen LogP contribution in [0, 0.1) is 0 Å². The van der Waals surface area contributed by atoms with Crippen molar-refractivity contribution in [2.24, 2.45) is 0 Å². The normalized spacial score (nSPS) is 12.4. The van der Waals surface area contributed by atoms with Crippen molar-refractivity contribution >= 4 is 29.9 Å². The zero-order valence-electron chi connectivity index (χ0n) is 14.4. The second-order valence-electron chi connectivity index (χ2n) is 6.44. The van der Waals surface area contributed by atoms with Crippen molar-refractivity contribution in [1.82, 2.24) is 0 Å². The van der Waals surface area contributed by atoms with E-state index in [-0.39, 0.29) is 0 Å². The van der Waals surface area contributed by atoms with E-state index in [1.165, 1.54) is 26.7 Å². The van der Waals surface area contributed by atoms with Gasteiger partial charge in [0.2, 0.25) is 0 Å². The van der Waals surface area contributed by atoms with Gasteiger partial charge in [0.1, 0.15) is 8.80 Å². The first-order valence-corrected chi connectivity index (χ1v) is 10.4. The van der Waals surface area contributed by atoms with Gasteiger partial charge in [-0.25, -0.2) is 0 Å². The molecule has 0 nitrogen and oxygen atoms in total. The Morgan fingerprint density at radius 3 is 1.72 bits per heavy atom. The average molecular weight is 338 g/mol. The zero-order chi connectivity index (χ0) is 17.1. The summed E-state index contributed by atoms with van der Waals surface area (Å²) in [6, 6.07) is 37.5. The molecule has 0 saturated heterocycles. The minimum atomic E-state index is -0.920. The standard InChI is InChI=1S/C24H21Si/c1-19(23-18-10-12-20-11-8-9-17-24(20)23)25(21-13-4-2-5-14-21)22-15-6-3-7-16-22/h2-19H,1H3/t19-/m1/s1. The van der Waals surface area contributed by atoms with Crippen LogP contribution in [0.15, 0.2) is 103 Å². The van der Waals surface area contributed by atoms with Gasteiger partial charge in [0.25, 0.3) is 0 Å². The van der Waals surface area contributed by atoms with Gasteiger partial charge in [-0.15, -0.1) is 0 Å². The molecule has 0 saturated carbocycles. The van der Waals surface area contributed by atoms with Crippen LogP contribution >= 0.6 is 0 Å². The van der Waals surface area contributed by atoms with E-state index in [1.807, 2.05) is 0 Å². The van der Waals surface area contributed by atoms with Gasteiger partial charge in [-0.3, -0.25) is 0 Å². The smallest absolute Gasteiger partial charge is 0.0628 e. The van der Waals surface area contributed by atoms with Gasteiger partial charge >= 0.3 is 0 Å². The Kier molecular flexibility index (Phi) is 4.49. The lowest BCUT2D eigenvalue weighted by Crippen LogP contribution is -2.46. The molecule has 25 heavy (non-hydrogen) atoms. The molecular weight excluding hydrogens is 316 g/mol. The molecule has 4 aromatic carbocycles. The van der Waals surface area contributed by atoms with E-state index >= 15 is 0 Å². The SMILES string of the molecule is C[C@H](c1cccc2ccccc12)[Si](c1ccccc1)c1ccccc1. The molecule has 121 valence electrons. The summed E-state index contributed by atoms with van der Waals surface area (Å²) in [5.74, 6) is 0. The minimum Gasteiger partial charge on any atom is -0.0628 e. The fourth-order valence-electron chi connectivity index (χ4n) is 3.69. The lowest BCUT2D eigenvalue weighted by atomic mass is 10.0. The molecule has 4 aromatic rings. The Morgan fingerprint density at radius 1 is 0.560 bits per heavy atom. The van der Waals surface area contributed by atoms with E-state index in [9.17, 15) is 0 Å². The Balaban J connectivity index is 1.87. The second kappa shape index (κ2) is 7.08. The zero-order valence-corrected chi connectivity index (χ0v) is 15.4. The molecule has 1 radical (unpaired) electrons. The molecule has 0 heterocycles. The number of hydrogen-bond donors (Lipinski definition) is 0. The van der Waals surface area contributed by atoms with Crippen LogP contribution in [0.4, 0.5) is 0 Å². The monoisotopic (exact) mass is 337 g/mol. The first kappa shape index (κ1) is 15.9. The molecule has 0 unspecified atom stereocenters. The van der Waals surface area contributed by atoms with Crippen LogP contribution in [0.3, 0.4) is 0 Å². The highest BCUT2D eigenvalue weighted by Gasteiger charge is 2.26. The summed E-state index contributed by atoms with van der Waals surface area (Å²) in [6.45, 7) is 2.40. The molecule has 0 N–H and O–H groups in total. The molecule has 0 aliphatic carbocycles. The maximum atomic E-state index is 2.40. The van der Waals surface area contributed by atoms with E-state index < -0.39 is 8.80 Å². The predicted octanol–water partition coefficient (Wildman–Crippen LogP) is 4.79. The van der Waals surface area contributed by atoms with E-state index in [0.29, 0.717) is 5.54 Å². The summed E-state index contributed by atoms with van der Waals surface area (Å²) in [7, 11) is -0.920. The Hall–Kier alpha value is -2.64. The Bertz CT molecular complexity index is 916. The van der Waals surface area contributed by atoms with Crippen LogP contribution in [0.1, 0.15) is 18.0 Å². The van der Waals surface area contributed by atoms with Gasteiger partial charge in [-0.05, 0) is 21.9 Å². The van der Waals surface area contributed by atoms with Crippen LogP contribution < -0.4 is 10.4 Å². The fraction of sp³-hybridized carbons (Fsp3) is 0.0833. The summed E-state index contributed by atoms with van der Waals surface area (Å²) in [5.41, 5.74) is 1.94. The third-order valence-electron chi connectivity index (χ3n) is 4.89. The third kappa shape index (κ3) is 3.16. The van der Waals surface area contributed by atoms with Gasteiger partial charge in [-0.2, -0.15) is 0 Å². The molecule has 0 bridgehead atoms. The molecule has 1 atom stereocenters. The molecule has 0 aromatic heterocycles. The summed E-state index contributed by atoms with van der Waals surface area (Å²) in [5, 5.41) is 5.65. The van der Waals surface area contributed by atoms with E-state index in [2.05, 4.69) is 110 Å². The molecule has 0 aliphatic heterocycles. The van der Waals surface area contributed by atoms with Crippen molar-refractivity contribution in [2.75, 3.05) is 0 Å². The summed E-state index contributed by atoms with van der Waals surface area (Å²) < 4.78 is 0. The van der Waals surface area contributed by atoms with Crippen molar-refractivity contribution in [1.29, 1.82) is 0 Å². The maximum Gasteiger partial charge on any atom is 0.128 e. The van der Waals surface area contributed by atoms with Gasteiger partial charge in [0, 0.05) is 0 Å². The highest BCUT2D eigenvalue weighted by atomic mass is 28.3. The first-order chi connectivity index (χ1) is 12.3. The van der Waals surface area contributed by atoms with Crippen molar-refractivity contribution in [3.63, 3.8) is 0 Å². The predicted molar refractivity (Wildman–Crippen MR) is 110 cm³/mol. The molecule has 0 aliphatic rings. The molecule has 0 spiro atoms. The fourth-order valence-corrected chi connectivity index (χ4v) is 6.68. The van der Waals surface area contributed by atoms with E-state index in [0.717, 1.165) is 0 Å². The quantitative estimate of drug-likeness (QED) is 0.470.